The van der Waals surface area contributed by atoms with Crippen LogP contribution in [0.1, 0.15) is 18.1 Å². The van der Waals surface area contributed by atoms with Crippen LogP contribution in [0.5, 0.6) is 0 Å². The predicted octanol–water partition coefficient (Wildman–Crippen LogP) is 2.41. The molecule has 3 atom stereocenters. The van der Waals surface area contributed by atoms with E-state index in [4.69, 9.17) is 9.47 Å². The van der Waals surface area contributed by atoms with Crippen molar-refractivity contribution in [1.82, 2.24) is 4.90 Å². The minimum atomic E-state index is -1.60. The fourth-order valence-corrected chi connectivity index (χ4v) is 3.37. The summed E-state index contributed by atoms with van der Waals surface area (Å²) in [5, 5.41) is 9.53. The topological polar surface area (TPSA) is 110 Å². The summed E-state index contributed by atoms with van der Waals surface area (Å²) in [6.45, 7) is 1.12. The molecule has 1 aliphatic rings. The van der Waals surface area contributed by atoms with Crippen LogP contribution in [0.2, 0.25) is 0 Å². The Bertz CT molecular complexity index is 929. The van der Waals surface area contributed by atoms with E-state index in [9.17, 15) is 24.3 Å². The van der Waals surface area contributed by atoms with Gasteiger partial charge in [-0.15, -0.1) is 0 Å². The van der Waals surface area contributed by atoms with Crippen LogP contribution in [0.25, 0.3) is 0 Å². The van der Waals surface area contributed by atoms with E-state index in [0.29, 0.717) is 16.0 Å². The summed E-state index contributed by atoms with van der Waals surface area (Å²) in [6.07, 6.45) is -1.49. The molecule has 3 unspecified atom stereocenters. The van der Waals surface area contributed by atoms with Crippen molar-refractivity contribution in [3.05, 3.63) is 71.8 Å². The molecule has 2 aromatic rings. The number of hydrogen-bond donors (Lipinski definition) is 1. The van der Waals surface area contributed by atoms with Crippen LogP contribution in [0, 0.1) is 5.92 Å². The van der Waals surface area contributed by atoms with E-state index in [-0.39, 0.29) is 13.2 Å². The average molecular weight is 411 g/mol. The molecule has 0 aliphatic carbocycles. The Morgan fingerprint density at radius 1 is 0.867 bits per heavy atom. The van der Waals surface area contributed by atoms with Gasteiger partial charge in [0, 0.05) is 0 Å². The van der Waals surface area contributed by atoms with Gasteiger partial charge in [0.15, 0.2) is 11.8 Å². The van der Waals surface area contributed by atoms with Crippen LogP contribution in [-0.2, 0) is 37.1 Å². The normalized spacial score (nSPS) is 20.6. The van der Waals surface area contributed by atoms with Gasteiger partial charge >= 0.3 is 18.0 Å². The Labute approximate surface area is 173 Å². The standard InChI is InChI=1S/C22H21NO7/c1-14-19(24)17(20(25)29-12-15-8-4-2-5-9-15)18(23(14)22(27)28)21(26)30-13-16-10-6-3-7-11-16/h2-11,14,17-18H,12-13H2,1H3,(H,27,28). The van der Waals surface area contributed by atoms with Gasteiger partial charge in [-0.05, 0) is 18.1 Å². The summed E-state index contributed by atoms with van der Waals surface area (Å²) < 4.78 is 10.4. The number of amides is 1. The maximum atomic E-state index is 12.7. The molecule has 0 aromatic heterocycles. The first-order valence-electron chi connectivity index (χ1n) is 9.36. The number of ether oxygens (including phenoxy) is 2. The van der Waals surface area contributed by atoms with Crippen LogP contribution in [-0.4, -0.2) is 45.9 Å². The van der Waals surface area contributed by atoms with Gasteiger partial charge in [0.1, 0.15) is 19.1 Å². The molecule has 1 N–H and O–H groups in total. The number of carbonyl (C=O) groups excluding carboxylic acids is 3. The molecule has 0 saturated carbocycles. The van der Waals surface area contributed by atoms with Gasteiger partial charge in [-0.25, -0.2) is 9.59 Å². The van der Waals surface area contributed by atoms with E-state index in [0.717, 1.165) is 0 Å². The number of Topliss-reactive ketones (excluding diaryl/α,β-unsaturated/α-hetero) is 1. The average Bonchev–Trinajstić information content (AvgIpc) is 3.03. The number of esters is 2. The fourth-order valence-electron chi connectivity index (χ4n) is 3.37. The number of hydrogen-bond acceptors (Lipinski definition) is 6. The molecule has 8 nitrogen and oxygen atoms in total. The highest BCUT2D eigenvalue weighted by Gasteiger charge is 2.56. The quantitative estimate of drug-likeness (QED) is 0.574. The number of likely N-dealkylation sites (tertiary alicyclic amines) is 1. The summed E-state index contributed by atoms with van der Waals surface area (Å²) in [5.41, 5.74) is 1.39. The lowest BCUT2D eigenvalue weighted by Crippen LogP contribution is -2.47. The van der Waals surface area contributed by atoms with Crippen molar-refractivity contribution >= 4 is 23.8 Å². The summed E-state index contributed by atoms with van der Waals surface area (Å²) in [5.74, 6) is -4.21. The van der Waals surface area contributed by atoms with Crippen molar-refractivity contribution in [2.75, 3.05) is 0 Å². The van der Waals surface area contributed by atoms with Crippen LogP contribution in [0.4, 0.5) is 4.79 Å². The van der Waals surface area contributed by atoms with Crippen molar-refractivity contribution in [2.45, 2.75) is 32.2 Å². The highest BCUT2D eigenvalue weighted by Crippen LogP contribution is 2.30. The minimum Gasteiger partial charge on any atom is -0.465 e. The van der Waals surface area contributed by atoms with Gasteiger partial charge in [-0.3, -0.25) is 14.5 Å². The molecular formula is C22H21NO7. The Kier molecular flexibility index (Phi) is 6.46. The van der Waals surface area contributed by atoms with Crippen molar-refractivity contribution in [3.63, 3.8) is 0 Å². The second kappa shape index (κ2) is 9.21. The molecule has 30 heavy (non-hydrogen) atoms. The summed E-state index contributed by atoms with van der Waals surface area (Å²) in [4.78, 5) is 50.4. The first-order valence-corrected chi connectivity index (χ1v) is 9.36. The Morgan fingerprint density at radius 2 is 1.33 bits per heavy atom. The molecule has 1 amide bonds. The van der Waals surface area contributed by atoms with Crippen LogP contribution in [0.15, 0.2) is 60.7 Å². The Hall–Kier alpha value is -3.68. The molecule has 3 rings (SSSR count). The Morgan fingerprint density at radius 3 is 1.80 bits per heavy atom. The molecule has 156 valence electrons. The van der Waals surface area contributed by atoms with E-state index < -0.39 is 41.8 Å². The predicted molar refractivity (Wildman–Crippen MR) is 104 cm³/mol. The first kappa shape index (κ1) is 21.0. The Balaban J connectivity index is 1.77. The maximum absolute atomic E-state index is 12.7. The molecule has 8 heteroatoms. The lowest BCUT2D eigenvalue weighted by atomic mass is 9.98. The number of ketones is 1. The van der Waals surface area contributed by atoms with E-state index in [1.54, 1.807) is 60.7 Å². The summed E-state index contributed by atoms with van der Waals surface area (Å²) >= 11 is 0. The summed E-state index contributed by atoms with van der Waals surface area (Å²) in [6, 6.07) is 14.8. The molecule has 1 aliphatic heterocycles. The van der Waals surface area contributed by atoms with Crippen molar-refractivity contribution < 1.29 is 33.8 Å². The summed E-state index contributed by atoms with van der Waals surface area (Å²) in [7, 11) is 0. The lowest BCUT2D eigenvalue weighted by molar-refractivity contribution is -0.161. The third-order valence-electron chi connectivity index (χ3n) is 4.92. The molecular weight excluding hydrogens is 390 g/mol. The zero-order valence-electron chi connectivity index (χ0n) is 16.3. The highest BCUT2D eigenvalue weighted by molar-refractivity contribution is 6.10. The molecule has 1 saturated heterocycles. The van der Waals surface area contributed by atoms with Crippen molar-refractivity contribution in [1.29, 1.82) is 0 Å². The minimum absolute atomic E-state index is 0.101. The van der Waals surface area contributed by atoms with Crippen LogP contribution < -0.4 is 0 Å². The zero-order chi connectivity index (χ0) is 21.7. The maximum Gasteiger partial charge on any atom is 0.408 e. The van der Waals surface area contributed by atoms with Crippen LogP contribution >= 0.6 is 0 Å². The monoisotopic (exact) mass is 411 g/mol. The number of benzene rings is 2. The number of nitrogens with zero attached hydrogens (tertiary/aromatic N) is 1. The molecule has 0 bridgehead atoms. The van der Waals surface area contributed by atoms with E-state index in [1.807, 2.05) is 0 Å². The SMILES string of the molecule is CC1C(=O)C(C(=O)OCc2ccccc2)C(C(=O)OCc2ccccc2)N1C(=O)O. The smallest absolute Gasteiger partial charge is 0.408 e. The van der Waals surface area contributed by atoms with Gasteiger partial charge < -0.3 is 14.6 Å². The second-order valence-electron chi connectivity index (χ2n) is 6.88. The molecule has 0 radical (unpaired) electrons. The largest absolute Gasteiger partial charge is 0.465 e. The second-order valence-corrected chi connectivity index (χ2v) is 6.88. The van der Waals surface area contributed by atoms with Crippen molar-refractivity contribution in [2.24, 2.45) is 5.92 Å². The van der Waals surface area contributed by atoms with E-state index in [1.165, 1.54) is 6.92 Å². The van der Waals surface area contributed by atoms with Gasteiger partial charge in [0.2, 0.25) is 0 Å². The van der Waals surface area contributed by atoms with Gasteiger partial charge in [-0.1, -0.05) is 60.7 Å². The van der Waals surface area contributed by atoms with E-state index in [2.05, 4.69) is 0 Å². The molecule has 1 heterocycles. The van der Waals surface area contributed by atoms with Crippen LogP contribution in [0.3, 0.4) is 0 Å². The number of rotatable bonds is 6. The third kappa shape index (κ3) is 4.48. The van der Waals surface area contributed by atoms with Gasteiger partial charge in [-0.2, -0.15) is 0 Å². The number of carbonyl (C=O) groups is 4. The molecule has 2 aromatic carbocycles. The van der Waals surface area contributed by atoms with Gasteiger partial charge in [0.05, 0.1) is 6.04 Å². The zero-order valence-corrected chi connectivity index (χ0v) is 16.3. The molecule has 0 spiro atoms. The fraction of sp³-hybridized carbons (Fsp3) is 0.273. The molecule has 1 fully saturated rings. The number of carboxylic acid groups (broad SMARTS) is 1. The van der Waals surface area contributed by atoms with E-state index >= 15 is 0 Å². The third-order valence-corrected chi connectivity index (χ3v) is 4.92. The van der Waals surface area contributed by atoms with Gasteiger partial charge in [0.25, 0.3) is 0 Å². The van der Waals surface area contributed by atoms with Crippen molar-refractivity contribution in [3.8, 4) is 0 Å². The lowest BCUT2D eigenvalue weighted by Gasteiger charge is -2.24. The first-order chi connectivity index (χ1) is 14.4. The highest BCUT2D eigenvalue weighted by atomic mass is 16.5.